The molecule has 1 aliphatic heterocycles. The average molecular weight is 177 g/mol. The fraction of sp³-hybridized carbons (Fsp3) is 0.500. The molecule has 1 aliphatic rings. The number of hydrogen-bond donors (Lipinski definition) is 0. The highest BCUT2D eigenvalue weighted by Crippen LogP contribution is 2.46. The molecule has 0 fully saturated rings. The maximum absolute atomic E-state index is 4.73. The van der Waals surface area contributed by atoms with Crippen LogP contribution in [0.15, 0.2) is 18.2 Å². The van der Waals surface area contributed by atoms with Gasteiger partial charge in [0.25, 0.3) is 5.75 Å². The summed E-state index contributed by atoms with van der Waals surface area (Å²) in [4.78, 5) is 0. The molecule has 0 saturated carbocycles. The van der Waals surface area contributed by atoms with Crippen molar-refractivity contribution >= 4 is 0 Å². The Morgan fingerprint density at radius 2 is 2.00 bits per heavy atom. The van der Waals surface area contributed by atoms with Crippen LogP contribution in [0.3, 0.4) is 0 Å². The molecule has 1 N–H and O–H groups in total. The first kappa shape index (κ1) is 8.61. The lowest BCUT2D eigenvalue weighted by atomic mass is 9.87. The first-order chi connectivity index (χ1) is 6.02. The summed E-state index contributed by atoms with van der Waals surface area (Å²) in [7, 11) is 0. The van der Waals surface area contributed by atoms with E-state index in [1.807, 2.05) is 0 Å². The smallest absolute Gasteiger partial charge is 0.259 e. The summed E-state index contributed by atoms with van der Waals surface area (Å²) >= 11 is 0. The van der Waals surface area contributed by atoms with E-state index in [1.54, 1.807) is 0 Å². The summed E-state index contributed by atoms with van der Waals surface area (Å²) in [5.74, 6) is 1.74. The van der Waals surface area contributed by atoms with E-state index in [4.69, 9.17) is 4.74 Å². The first-order valence-corrected chi connectivity index (χ1v) is 4.85. The third-order valence-electron chi connectivity index (χ3n) is 3.20. The van der Waals surface area contributed by atoms with Gasteiger partial charge in [-0.3, -0.25) is 0 Å². The number of aromatic hydroxyl groups is 1. The fourth-order valence-corrected chi connectivity index (χ4v) is 2.09. The molecule has 1 nitrogen and oxygen atoms in total. The Bertz CT molecular complexity index is 339. The van der Waals surface area contributed by atoms with Crippen molar-refractivity contribution in [2.24, 2.45) is 0 Å². The van der Waals surface area contributed by atoms with Crippen LogP contribution in [0.4, 0.5) is 0 Å². The Balaban J connectivity index is 2.57. The maximum atomic E-state index is 4.73. The second-order valence-corrected chi connectivity index (χ2v) is 4.49. The Hall–Kier alpha value is -0.980. The van der Waals surface area contributed by atoms with Crippen molar-refractivity contribution in [3.8, 4) is 5.75 Å². The van der Waals surface area contributed by atoms with Gasteiger partial charge in [-0.2, -0.15) is 0 Å². The molecule has 0 aliphatic carbocycles. The van der Waals surface area contributed by atoms with Crippen molar-refractivity contribution in [2.75, 3.05) is 0 Å². The van der Waals surface area contributed by atoms with Gasteiger partial charge in [-0.05, 0) is 19.4 Å². The molecule has 1 unspecified atom stereocenters. The lowest BCUT2D eigenvalue weighted by molar-refractivity contribution is -0.0741. The van der Waals surface area contributed by atoms with E-state index in [1.165, 1.54) is 16.9 Å². The predicted octanol–water partition coefficient (Wildman–Crippen LogP) is 3.13. The van der Waals surface area contributed by atoms with Crippen molar-refractivity contribution in [3.05, 3.63) is 29.3 Å². The van der Waals surface area contributed by atoms with Crippen LogP contribution in [0.25, 0.3) is 0 Å². The minimum Gasteiger partial charge on any atom is -0.578 e. The predicted molar refractivity (Wildman–Crippen MR) is 55.3 cm³/mol. The fourth-order valence-electron chi connectivity index (χ4n) is 2.09. The molecule has 1 aromatic carbocycles. The zero-order chi connectivity index (χ0) is 9.64. The molecule has 1 heterocycles. The second kappa shape index (κ2) is 2.50. The van der Waals surface area contributed by atoms with Crippen LogP contribution in [0.2, 0.25) is 0 Å². The number of aryl methyl sites for hydroxylation is 1. The molecular weight excluding hydrogens is 160 g/mol. The Morgan fingerprint density at radius 1 is 1.31 bits per heavy atom. The van der Waals surface area contributed by atoms with Crippen LogP contribution in [0.5, 0.6) is 5.75 Å². The quantitative estimate of drug-likeness (QED) is 0.540. The topological polar surface area (TPSA) is 12.8 Å². The van der Waals surface area contributed by atoms with E-state index in [-0.39, 0.29) is 5.60 Å². The Kier molecular flexibility index (Phi) is 1.66. The minimum atomic E-state index is 0.0778. The van der Waals surface area contributed by atoms with Crippen LogP contribution < -0.4 is 0 Å². The van der Waals surface area contributed by atoms with Gasteiger partial charge < -0.3 is 4.74 Å². The highest BCUT2D eigenvalue weighted by atomic mass is 16.5. The molecule has 0 saturated heterocycles. The summed E-state index contributed by atoms with van der Waals surface area (Å²) in [6.07, 6.45) is 0. The SMILES string of the molecule is Cc1cccc2c1C(C)C(C)(C)[OH+]2. The minimum absolute atomic E-state index is 0.0778. The normalized spacial score (nSPS) is 23.8. The zero-order valence-electron chi connectivity index (χ0n) is 8.76. The molecule has 0 spiro atoms. The third kappa shape index (κ3) is 1.14. The molecule has 1 aromatic rings. The number of benzene rings is 1. The van der Waals surface area contributed by atoms with E-state index < -0.39 is 0 Å². The monoisotopic (exact) mass is 177 g/mol. The Labute approximate surface area is 79.7 Å². The molecule has 0 amide bonds. The van der Waals surface area contributed by atoms with Crippen LogP contribution >= 0.6 is 0 Å². The number of fused-ring (bicyclic) bond motifs is 1. The largest absolute Gasteiger partial charge is 0.578 e. The van der Waals surface area contributed by atoms with Gasteiger partial charge in [0, 0.05) is 19.9 Å². The molecule has 0 radical (unpaired) electrons. The molecule has 0 aromatic heterocycles. The number of rotatable bonds is 0. The van der Waals surface area contributed by atoms with E-state index >= 15 is 0 Å². The third-order valence-corrected chi connectivity index (χ3v) is 3.20. The van der Waals surface area contributed by atoms with Gasteiger partial charge in [-0.25, -0.2) is 0 Å². The highest BCUT2D eigenvalue weighted by molar-refractivity contribution is 5.46. The van der Waals surface area contributed by atoms with Crippen LogP contribution in [0.1, 0.15) is 37.8 Å². The van der Waals surface area contributed by atoms with E-state index in [9.17, 15) is 0 Å². The van der Waals surface area contributed by atoms with Gasteiger partial charge >= 0.3 is 0 Å². The van der Waals surface area contributed by atoms with Crippen molar-refractivity contribution in [1.29, 1.82) is 0 Å². The maximum Gasteiger partial charge on any atom is 0.259 e. The van der Waals surface area contributed by atoms with Gasteiger partial charge in [0.15, 0.2) is 5.60 Å². The van der Waals surface area contributed by atoms with Crippen molar-refractivity contribution in [2.45, 2.75) is 39.2 Å². The standard InChI is InChI=1S/C12H16O/c1-8-6-5-7-10-11(8)9(2)12(3,4)13-10/h5-7,9H,1-4H3/p+1. The summed E-state index contributed by atoms with van der Waals surface area (Å²) in [6, 6.07) is 6.38. The van der Waals surface area contributed by atoms with Crippen molar-refractivity contribution in [1.82, 2.24) is 0 Å². The number of ether oxygens (including phenoxy) is 1. The first-order valence-electron chi connectivity index (χ1n) is 4.85. The second-order valence-electron chi connectivity index (χ2n) is 4.49. The molecular formula is C12H17O+. The van der Waals surface area contributed by atoms with E-state index in [0.29, 0.717) is 5.92 Å². The van der Waals surface area contributed by atoms with Gasteiger partial charge in [0.2, 0.25) is 0 Å². The molecule has 0 bridgehead atoms. The van der Waals surface area contributed by atoms with E-state index in [0.717, 1.165) is 0 Å². The van der Waals surface area contributed by atoms with E-state index in [2.05, 4.69) is 45.9 Å². The molecule has 13 heavy (non-hydrogen) atoms. The lowest BCUT2D eigenvalue weighted by Crippen LogP contribution is -2.26. The number of aliphatic hydroxyl groups is 1. The highest BCUT2D eigenvalue weighted by Gasteiger charge is 2.43. The summed E-state index contributed by atoms with van der Waals surface area (Å²) in [5, 5.41) is 0. The van der Waals surface area contributed by atoms with Crippen LogP contribution in [0, 0.1) is 6.92 Å². The molecule has 1 atom stereocenters. The van der Waals surface area contributed by atoms with Gasteiger partial charge in [0.1, 0.15) is 0 Å². The lowest BCUT2D eigenvalue weighted by Gasteiger charge is -2.19. The molecule has 1 heteroatoms. The van der Waals surface area contributed by atoms with Gasteiger partial charge in [-0.1, -0.05) is 12.1 Å². The summed E-state index contributed by atoms with van der Waals surface area (Å²) in [5.41, 5.74) is 2.89. The molecule has 70 valence electrons. The van der Waals surface area contributed by atoms with Gasteiger partial charge in [0.05, 0.1) is 11.5 Å². The van der Waals surface area contributed by atoms with Crippen molar-refractivity contribution in [3.63, 3.8) is 0 Å². The van der Waals surface area contributed by atoms with Crippen molar-refractivity contribution < 1.29 is 4.74 Å². The Morgan fingerprint density at radius 3 is 2.62 bits per heavy atom. The van der Waals surface area contributed by atoms with Gasteiger partial charge in [-0.15, -0.1) is 0 Å². The zero-order valence-corrected chi connectivity index (χ0v) is 8.76. The summed E-state index contributed by atoms with van der Waals surface area (Å²) < 4.78 is 4.73. The summed E-state index contributed by atoms with van der Waals surface area (Å²) in [6.45, 7) is 8.85. The average Bonchev–Trinajstić information content (AvgIpc) is 2.24. The van der Waals surface area contributed by atoms with Crippen LogP contribution in [-0.4, -0.2) is 10.3 Å². The molecule has 2 rings (SSSR count). The number of hydrogen-bond acceptors (Lipinski definition) is 0. The van der Waals surface area contributed by atoms with Crippen LogP contribution in [-0.2, 0) is 0 Å².